The van der Waals surface area contributed by atoms with Crippen LogP contribution in [0.2, 0.25) is 0 Å². The predicted molar refractivity (Wildman–Crippen MR) is 76.6 cm³/mol. The van der Waals surface area contributed by atoms with E-state index in [0.29, 0.717) is 23.5 Å². The maximum Gasteiger partial charge on any atom is 0.312 e. The third kappa shape index (κ3) is 1.89. The maximum absolute atomic E-state index is 12.6. The van der Waals surface area contributed by atoms with Gasteiger partial charge >= 0.3 is 5.97 Å². The number of aliphatic carboxylic acids is 1. The minimum Gasteiger partial charge on any atom is -0.481 e. The molecule has 0 aliphatic carbocycles. The van der Waals surface area contributed by atoms with Gasteiger partial charge in [0, 0.05) is 12.2 Å². The van der Waals surface area contributed by atoms with Crippen molar-refractivity contribution in [3.8, 4) is 0 Å². The molecule has 1 atom stereocenters. The Bertz CT molecular complexity index is 670. The van der Waals surface area contributed by atoms with Crippen LogP contribution < -0.4 is 0 Å². The first kappa shape index (κ1) is 13.1. The molecule has 3 rings (SSSR count). The molecular formula is C15H15NO3S. The van der Waals surface area contributed by atoms with Gasteiger partial charge in [-0.1, -0.05) is 13.0 Å². The largest absolute Gasteiger partial charge is 0.481 e. The van der Waals surface area contributed by atoms with Crippen LogP contribution in [-0.4, -0.2) is 21.4 Å². The molecule has 0 fully saturated rings. The van der Waals surface area contributed by atoms with E-state index in [1.54, 1.807) is 0 Å². The molecule has 0 amide bonds. The Hall–Kier alpha value is -1.88. The van der Waals surface area contributed by atoms with Gasteiger partial charge < -0.3 is 9.67 Å². The Kier molecular flexibility index (Phi) is 3.22. The van der Waals surface area contributed by atoms with Crippen LogP contribution in [0.5, 0.6) is 0 Å². The number of thiophene rings is 1. The van der Waals surface area contributed by atoms with Gasteiger partial charge in [-0.2, -0.15) is 0 Å². The van der Waals surface area contributed by atoms with Crippen molar-refractivity contribution in [1.29, 1.82) is 0 Å². The van der Waals surface area contributed by atoms with Gasteiger partial charge in [-0.25, -0.2) is 0 Å². The second-order valence-electron chi connectivity index (χ2n) is 4.93. The van der Waals surface area contributed by atoms with Gasteiger partial charge in [-0.3, -0.25) is 9.59 Å². The molecule has 5 heteroatoms. The molecular weight excluding hydrogens is 274 g/mol. The molecule has 0 aromatic carbocycles. The number of carbonyl (C=O) groups excluding carboxylic acids is 1. The van der Waals surface area contributed by atoms with E-state index in [1.807, 2.05) is 35.1 Å². The molecule has 0 bridgehead atoms. The molecule has 1 aliphatic rings. The van der Waals surface area contributed by atoms with Gasteiger partial charge in [0.2, 0.25) is 5.78 Å². The van der Waals surface area contributed by atoms with Crippen molar-refractivity contribution < 1.29 is 14.7 Å². The minimum atomic E-state index is -0.806. The van der Waals surface area contributed by atoms with Crippen LogP contribution >= 0.6 is 11.3 Å². The standard InChI is InChI=1S/C15H15NO3S/c1-2-9-8-11-10(15(18)19)5-6-16(11)13(9)14(17)12-4-3-7-20-12/h3-4,7-8,10H,2,5-6H2,1H3,(H,18,19). The van der Waals surface area contributed by atoms with Gasteiger partial charge in [-0.15, -0.1) is 11.3 Å². The Morgan fingerprint density at radius 3 is 2.90 bits per heavy atom. The molecule has 2 aromatic rings. The zero-order valence-corrected chi connectivity index (χ0v) is 11.9. The number of hydrogen-bond donors (Lipinski definition) is 1. The SMILES string of the molecule is CCc1cc2n(c1C(=O)c1cccs1)CCC2C(=O)O. The number of ketones is 1. The monoisotopic (exact) mass is 289 g/mol. The van der Waals surface area contributed by atoms with E-state index in [1.165, 1.54) is 11.3 Å². The van der Waals surface area contributed by atoms with Crippen molar-refractivity contribution in [3.63, 3.8) is 0 Å². The lowest BCUT2D eigenvalue weighted by Crippen LogP contribution is -2.10. The summed E-state index contributed by atoms with van der Waals surface area (Å²) in [5.41, 5.74) is 2.40. The maximum atomic E-state index is 12.6. The lowest BCUT2D eigenvalue weighted by molar-refractivity contribution is -0.138. The molecule has 0 saturated carbocycles. The summed E-state index contributed by atoms with van der Waals surface area (Å²) in [4.78, 5) is 24.6. The average molecular weight is 289 g/mol. The third-order valence-corrected chi connectivity index (χ3v) is 4.71. The number of aromatic nitrogens is 1. The Morgan fingerprint density at radius 1 is 1.50 bits per heavy atom. The Balaban J connectivity index is 2.10. The summed E-state index contributed by atoms with van der Waals surface area (Å²) >= 11 is 1.42. The van der Waals surface area contributed by atoms with E-state index in [-0.39, 0.29) is 5.78 Å². The van der Waals surface area contributed by atoms with Crippen LogP contribution in [0.15, 0.2) is 23.6 Å². The fourth-order valence-electron chi connectivity index (χ4n) is 2.88. The third-order valence-electron chi connectivity index (χ3n) is 3.85. The van der Waals surface area contributed by atoms with E-state index < -0.39 is 11.9 Å². The highest BCUT2D eigenvalue weighted by Crippen LogP contribution is 2.34. The van der Waals surface area contributed by atoms with Gasteiger partial charge in [0.15, 0.2) is 0 Å². The Morgan fingerprint density at radius 2 is 2.30 bits per heavy atom. The molecule has 3 heterocycles. The van der Waals surface area contributed by atoms with Gasteiger partial charge in [0.1, 0.15) is 0 Å². The highest BCUT2D eigenvalue weighted by Gasteiger charge is 2.33. The van der Waals surface area contributed by atoms with E-state index in [0.717, 1.165) is 17.7 Å². The molecule has 2 aromatic heterocycles. The van der Waals surface area contributed by atoms with E-state index in [4.69, 9.17) is 0 Å². The van der Waals surface area contributed by atoms with Crippen molar-refractivity contribution in [2.75, 3.05) is 0 Å². The fraction of sp³-hybridized carbons (Fsp3) is 0.333. The lowest BCUT2D eigenvalue weighted by atomic mass is 10.0. The number of nitrogens with zero attached hydrogens (tertiary/aromatic N) is 1. The number of aryl methyl sites for hydroxylation is 1. The normalized spacial score (nSPS) is 17.1. The Labute approximate surface area is 120 Å². The van der Waals surface area contributed by atoms with Gasteiger partial charge in [0.25, 0.3) is 0 Å². The second kappa shape index (κ2) is 4.90. The summed E-state index contributed by atoms with van der Waals surface area (Å²) < 4.78 is 1.90. The first-order chi connectivity index (χ1) is 9.63. The molecule has 1 N–H and O–H groups in total. The first-order valence-corrected chi connectivity index (χ1v) is 7.54. The van der Waals surface area contributed by atoms with Crippen molar-refractivity contribution in [2.24, 2.45) is 0 Å². The number of carboxylic acids is 1. The lowest BCUT2D eigenvalue weighted by Gasteiger charge is -2.06. The average Bonchev–Trinajstić information content (AvgIpc) is 3.12. The molecule has 0 spiro atoms. The molecule has 104 valence electrons. The summed E-state index contributed by atoms with van der Waals surface area (Å²) in [6.45, 7) is 2.60. The highest BCUT2D eigenvalue weighted by molar-refractivity contribution is 7.12. The highest BCUT2D eigenvalue weighted by atomic mass is 32.1. The van der Waals surface area contributed by atoms with Crippen LogP contribution in [0, 0.1) is 0 Å². The zero-order chi connectivity index (χ0) is 14.3. The fourth-order valence-corrected chi connectivity index (χ4v) is 3.54. The van der Waals surface area contributed by atoms with Crippen LogP contribution in [-0.2, 0) is 17.8 Å². The second-order valence-corrected chi connectivity index (χ2v) is 5.88. The van der Waals surface area contributed by atoms with Crippen LogP contribution in [0.3, 0.4) is 0 Å². The zero-order valence-electron chi connectivity index (χ0n) is 11.1. The quantitative estimate of drug-likeness (QED) is 0.880. The van der Waals surface area contributed by atoms with Crippen LogP contribution in [0.1, 0.15) is 45.9 Å². The van der Waals surface area contributed by atoms with Crippen LogP contribution in [0.25, 0.3) is 0 Å². The number of carbonyl (C=O) groups is 2. The first-order valence-electron chi connectivity index (χ1n) is 6.66. The summed E-state index contributed by atoms with van der Waals surface area (Å²) in [5.74, 6) is -1.28. The summed E-state index contributed by atoms with van der Waals surface area (Å²) in [7, 11) is 0. The van der Waals surface area contributed by atoms with Crippen molar-refractivity contribution in [1.82, 2.24) is 4.57 Å². The number of rotatable bonds is 4. The van der Waals surface area contributed by atoms with E-state index >= 15 is 0 Å². The van der Waals surface area contributed by atoms with E-state index in [2.05, 4.69) is 0 Å². The van der Waals surface area contributed by atoms with Crippen LogP contribution in [0.4, 0.5) is 0 Å². The predicted octanol–water partition coefficient (Wildman–Crippen LogP) is 2.91. The smallest absolute Gasteiger partial charge is 0.312 e. The molecule has 20 heavy (non-hydrogen) atoms. The number of hydrogen-bond acceptors (Lipinski definition) is 3. The topological polar surface area (TPSA) is 59.3 Å². The molecule has 0 saturated heterocycles. The number of fused-ring (bicyclic) bond motifs is 1. The van der Waals surface area contributed by atoms with Gasteiger partial charge in [0.05, 0.1) is 16.5 Å². The summed E-state index contributed by atoms with van der Waals surface area (Å²) in [5, 5.41) is 11.1. The molecule has 1 unspecified atom stereocenters. The molecule has 1 aliphatic heterocycles. The van der Waals surface area contributed by atoms with Crippen molar-refractivity contribution in [3.05, 3.63) is 45.4 Å². The van der Waals surface area contributed by atoms with Gasteiger partial charge in [-0.05, 0) is 35.9 Å². The van der Waals surface area contributed by atoms with Crippen molar-refractivity contribution in [2.45, 2.75) is 32.2 Å². The molecule has 0 radical (unpaired) electrons. The summed E-state index contributed by atoms with van der Waals surface area (Å²) in [6, 6.07) is 5.57. The van der Waals surface area contributed by atoms with E-state index in [9.17, 15) is 14.7 Å². The minimum absolute atomic E-state index is 0.00846. The van der Waals surface area contributed by atoms with Crippen molar-refractivity contribution >= 4 is 23.1 Å². The molecule has 4 nitrogen and oxygen atoms in total. The number of carboxylic acid groups (broad SMARTS) is 1. The summed E-state index contributed by atoms with van der Waals surface area (Å²) in [6.07, 6.45) is 1.30.